The van der Waals surface area contributed by atoms with Crippen LogP contribution in [0.15, 0.2) is 47.5 Å². The quantitative estimate of drug-likeness (QED) is 0.742. The lowest BCUT2D eigenvalue weighted by atomic mass is 10.1. The normalized spacial score (nSPS) is 11.9. The van der Waals surface area contributed by atoms with E-state index in [1.54, 1.807) is 24.0 Å². The Kier molecular flexibility index (Phi) is 4.55. The molecule has 3 aromatic rings. The Morgan fingerprint density at radius 3 is 2.79 bits per heavy atom. The maximum atomic E-state index is 11.9. The van der Waals surface area contributed by atoms with Crippen molar-refractivity contribution in [3.63, 3.8) is 0 Å². The van der Waals surface area contributed by atoms with E-state index in [2.05, 4.69) is 20.6 Å². The lowest BCUT2D eigenvalue weighted by molar-refractivity contribution is -0.123. The SMILES string of the molecule is Cc1cc(OCC(=O)NC(C)c2ccc(-n3cncn3)cc2)no1. The predicted octanol–water partition coefficient (Wildman–Crippen LogP) is 1.82. The summed E-state index contributed by atoms with van der Waals surface area (Å²) in [5, 5.41) is 10.6. The highest BCUT2D eigenvalue weighted by Gasteiger charge is 2.11. The zero-order chi connectivity index (χ0) is 16.9. The molecule has 8 heteroatoms. The Morgan fingerprint density at radius 2 is 2.17 bits per heavy atom. The molecule has 0 aliphatic heterocycles. The Bertz CT molecular complexity index is 795. The van der Waals surface area contributed by atoms with Gasteiger partial charge < -0.3 is 14.6 Å². The zero-order valence-corrected chi connectivity index (χ0v) is 13.3. The van der Waals surface area contributed by atoms with Gasteiger partial charge in [-0.1, -0.05) is 12.1 Å². The van der Waals surface area contributed by atoms with Crippen molar-refractivity contribution < 1.29 is 14.1 Å². The van der Waals surface area contributed by atoms with Gasteiger partial charge in [-0.15, -0.1) is 0 Å². The maximum Gasteiger partial charge on any atom is 0.258 e. The van der Waals surface area contributed by atoms with E-state index in [1.165, 1.54) is 6.33 Å². The number of hydrogen-bond donors (Lipinski definition) is 1. The summed E-state index contributed by atoms with van der Waals surface area (Å²) in [6, 6.07) is 9.18. The van der Waals surface area contributed by atoms with Crippen molar-refractivity contribution in [2.45, 2.75) is 19.9 Å². The minimum atomic E-state index is -0.233. The summed E-state index contributed by atoms with van der Waals surface area (Å²) in [5.74, 6) is 0.697. The van der Waals surface area contributed by atoms with Crippen molar-refractivity contribution >= 4 is 5.91 Å². The van der Waals surface area contributed by atoms with Crippen molar-refractivity contribution in [3.8, 4) is 11.6 Å². The van der Waals surface area contributed by atoms with Crippen LogP contribution in [0.5, 0.6) is 5.88 Å². The maximum absolute atomic E-state index is 11.9. The van der Waals surface area contributed by atoms with Gasteiger partial charge in [-0.25, -0.2) is 9.67 Å². The second kappa shape index (κ2) is 6.95. The molecular formula is C16H17N5O3. The molecular weight excluding hydrogens is 310 g/mol. The minimum absolute atomic E-state index is 0.118. The molecule has 1 atom stereocenters. The molecule has 0 aliphatic rings. The van der Waals surface area contributed by atoms with Crippen LogP contribution in [0.2, 0.25) is 0 Å². The van der Waals surface area contributed by atoms with Gasteiger partial charge in [-0.2, -0.15) is 5.10 Å². The van der Waals surface area contributed by atoms with E-state index < -0.39 is 0 Å². The van der Waals surface area contributed by atoms with Crippen LogP contribution in [0.3, 0.4) is 0 Å². The van der Waals surface area contributed by atoms with Crippen molar-refractivity contribution in [1.82, 2.24) is 25.2 Å². The molecule has 2 heterocycles. The van der Waals surface area contributed by atoms with Crippen LogP contribution in [-0.2, 0) is 4.79 Å². The fraction of sp³-hybridized carbons (Fsp3) is 0.250. The molecule has 0 spiro atoms. The largest absolute Gasteiger partial charge is 0.465 e. The number of carbonyl (C=O) groups is 1. The molecule has 0 fully saturated rings. The van der Waals surface area contributed by atoms with Gasteiger partial charge in [0.1, 0.15) is 18.4 Å². The fourth-order valence-electron chi connectivity index (χ4n) is 2.17. The van der Waals surface area contributed by atoms with Crippen LogP contribution in [0.25, 0.3) is 5.69 Å². The second-order valence-electron chi connectivity index (χ2n) is 5.29. The van der Waals surface area contributed by atoms with Crippen molar-refractivity contribution in [1.29, 1.82) is 0 Å². The summed E-state index contributed by atoms with van der Waals surface area (Å²) < 4.78 is 11.8. The smallest absolute Gasteiger partial charge is 0.258 e. The van der Waals surface area contributed by atoms with Gasteiger partial charge in [0, 0.05) is 6.07 Å². The molecule has 124 valence electrons. The van der Waals surface area contributed by atoms with Gasteiger partial charge in [0.25, 0.3) is 11.8 Å². The third-order valence-electron chi connectivity index (χ3n) is 3.41. The van der Waals surface area contributed by atoms with E-state index in [-0.39, 0.29) is 18.6 Å². The first-order valence-corrected chi connectivity index (χ1v) is 7.42. The summed E-state index contributed by atoms with van der Waals surface area (Å²) in [6.45, 7) is 3.54. The van der Waals surface area contributed by atoms with Gasteiger partial charge in [0.2, 0.25) is 0 Å². The van der Waals surface area contributed by atoms with Crippen molar-refractivity contribution in [3.05, 3.63) is 54.3 Å². The second-order valence-corrected chi connectivity index (χ2v) is 5.29. The van der Waals surface area contributed by atoms with Crippen LogP contribution in [0.4, 0.5) is 0 Å². The van der Waals surface area contributed by atoms with E-state index in [9.17, 15) is 4.79 Å². The molecule has 0 bridgehead atoms. The Balaban J connectivity index is 1.54. The van der Waals surface area contributed by atoms with Crippen LogP contribution < -0.4 is 10.1 Å². The van der Waals surface area contributed by atoms with Crippen LogP contribution in [0, 0.1) is 6.92 Å². The molecule has 1 N–H and O–H groups in total. The summed E-state index contributed by atoms with van der Waals surface area (Å²) in [5.41, 5.74) is 1.88. The summed E-state index contributed by atoms with van der Waals surface area (Å²) in [6.07, 6.45) is 3.11. The number of carbonyl (C=O) groups excluding carboxylic acids is 1. The number of hydrogen-bond acceptors (Lipinski definition) is 6. The molecule has 0 aliphatic carbocycles. The summed E-state index contributed by atoms with van der Waals surface area (Å²) >= 11 is 0. The lowest BCUT2D eigenvalue weighted by Gasteiger charge is -2.14. The number of nitrogens with one attached hydrogen (secondary N) is 1. The van der Waals surface area contributed by atoms with Gasteiger partial charge >= 0.3 is 0 Å². The Labute approximate surface area is 138 Å². The lowest BCUT2D eigenvalue weighted by Crippen LogP contribution is -2.31. The summed E-state index contributed by atoms with van der Waals surface area (Å²) in [7, 11) is 0. The number of aryl methyl sites for hydroxylation is 1. The Morgan fingerprint density at radius 1 is 1.38 bits per heavy atom. The van der Waals surface area contributed by atoms with E-state index in [0.29, 0.717) is 11.6 Å². The fourth-order valence-corrected chi connectivity index (χ4v) is 2.17. The highest BCUT2D eigenvalue weighted by Crippen LogP contribution is 2.15. The molecule has 1 aromatic carbocycles. The predicted molar refractivity (Wildman–Crippen MR) is 84.7 cm³/mol. The summed E-state index contributed by atoms with van der Waals surface area (Å²) in [4.78, 5) is 15.9. The third-order valence-corrected chi connectivity index (χ3v) is 3.41. The van der Waals surface area contributed by atoms with Crippen LogP contribution in [-0.4, -0.2) is 32.4 Å². The van der Waals surface area contributed by atoms with Crippen molar-refractivity contribution in [2.24, 2.45) is 0 Å². The van der Waals surface area contributed by atoms with E-state index in [0.717, 1.165) is 11.3 Å². The molecule has 1 amide bonds. The van der Waals surface area contributed by atoms with E-state index in [1.807, 2.05) is 31.2 Å². The molecule has 0 saturated heterocycles. The average Bonchev–Trinajstić information content (AvgIpc) is 3.25. The van der Waals surface area contributed by atoms with E-state index >= 15 is 0 Å². The molecule has 0 saturated carbocycles. The molecule has 24 heavy (non-hydrogen) atoms. The first-order chi connectivity index (χ1) is 11.6. The third kappa shape index (κ3) is 3.78. The highest BCUT2D eigenvalue weighted by atomic mass is 16.5. The van der Waals surface area contributed by atoms with E-state index in [4.69, 9.17) is 9.26 Å². The standard InChI is InChI=1S/C16H17N5O3/c1-11-7-16(20-24-11)23-8-15(22)19-12(2)13-3-5-14(6-4-13)21-10-17-9-18-21/h3-7,9-10,12H,8H2,1-2H3,(H,19,22). The zero-order valence-electron chi connectivity index (χ0n) is 13.3. The van der Waals surface area contributed by atoms with Gasteiger partial charge in [-0.3, -0.25) is 4.79 Å². The molecule has 2 aromatic heterocycles. The molecule has 1 unspecified atom stereocenters. The first-order valence-electron chi connectivity index (χ1n) is 7.42. The minimum Gasteiger partial charge on any atom is -0.465 e. The number of amides is 1. The highest BCUT2D eigenvalue weighted by molar-refractivity contribution is 5.77. The topological polar surface area (TPSA) is 95.1 Å². The van der Waals surface area contributed by atoms with Crippen LogP contribution in [0.1, 0.15) is 24.3 Å². The molecule has 8 nitrogen and oxygen atoms in total. The van der Waals surface area contributed by atoms with Crippen LogP contribution >= 0.6 is 0 Å². The average molecular weight is 327 g/mol. The number of rotatable bonds is 6. The molecule has 0 radical (unpaired) electrons. The number of benzene rings is 1. The van der Waals surface area contributed by atoms with Gasteiger partial charge in [0.05, 0.1) is 11.7 Å². The number of aromatic nitrogens is 4. The Hall–Kier alpha value is -3.16. The van der Waals surface area contributed by atoms with Crippen molar-refractivity contribution in [2.75, 3.05) is 6.61 Å². The van der Waals surface area contributed by atoms with Gasteiger partial charge in [0.15, 0.2) is 6.61 Å². The molecule has 3 rings (SSSR count). The first kappa shape index (κ1) is 15.7. The number of nitrogens with zero attached hydrogens (tertiary/aromatic N) is 4. The monoisotopic (exact) mass is 327 g/mol. The van der Waals surface area contributed by atoms with Gasteiger partial charge in [-0.05, 0) is 36.7 Å². The number of ether oxygens (including phenoxy) is 1.